The molecule has 0 aliphatic carbocycles. The lowest BCUT2D eigenvalue weighted by Crippen LogP contribution is -2.42. The Morgan fingerprint density at radius 2 is 1.95 bits per heavy atom. The maximum Gasteiger partial charge on any atom is 0.246 e. The number of aliphatic hydroxyl groups is 1. The first-order valence-electron chi connectivity index (χ1n) is 6.27. The summed E-state index contributed by atoms with van der Waals surface area (Å²) in [6.07, 6.45) is 0. The number of nitrogens with zero attached hydrogens (tertiary/aromatic N) is 1. The van der Waals surface area contributed by atoms with Crippen LogP contribution < -0.4 is 5.73 Å². The highest BCUT2D eigenvalue weighted by Crippen LogP contribution is 2.25. The first-order chi connectivity index (χ1) is 8.99. The van der Waals surface area contributed by atoms with Crippen molar-refractivity contribution in [1.29, 1.82) is 0 Å². The molecule has 1 aromatic rings. The van der Waals surface area contributed by atoms with Gasteiger partial charge in [0.05, 0.1) is 5.60 Å². The van der Waals surface area contributed by atoms with Crippen molar-refractivity contribution in [2.75, 3.05) is 18.8 Å². The molecule has 0 unspecified atom stereocenters. The predicted molar refractivity (Wildman–Crippen MR) is 76.3 cm³/mol. The van der Waals surface area contributed by atoms with Crippen LogP contribution in [0.5, 0.6) is 0 Å². The van der Waals surface area contributed by atoms with Gasteiger partial charge in [-0.25, -0.2) is 12.8 Å². The van der Waals surface area contributed by atoms with Crippen molar-refractivity contribution >= 4 is 15.7 Å². The molecule has 0 aromatic heterocycles. The number of hydrogen-bond acceptors (Lipinski definition) is 4. The first-order valence-corrected chi connectivity index (χ1v) is 7.71. The van der Waals surface area contributed by atoms with Crippen LogP contribution in [-0.2, 0) is 10.0 Å². The van der Waals surface area contributed by atoms with Crippen molar-refractivity contribution in [3.8, 4) is 0 Å². The van der Waals surface area contributed by atoms with Crippen LogP contribution in [0, 0.1) is 12.7 Å². The summed E-state index contributed by atoms with van der Waals surface area (Å²) in [6, 6.07) is 2.48. The Balaban J connectivity index is 3.35. The second kappa shape index (κ2) is 5.67. The number of aryl methyl sites for hydroxylation is 1. The molecule has 0 amide bonds. The molecule has 0 atom stereocenters. The summed E-state index contributed by atoms with van der Waals surface area (Å²) >= 11 is 0. The Hall–Kier alpha value is -1.18. The quantitative estimate of drug-likeness (QED) is 0.807. The lowest BCUT2D eigenvalue weighted by molar-refractivity contribution is 0.0601. The highest BCUT2D eigenvalue weighted by atomic mass is 32.2. The van der Waals surface area contributed by atoms with E-state index in [1.165, 1.54) is 26.8 Å². The highest BCUT2D eigenvalue weighted by molar-refractivity contribution is 7.89. The fourth-order valence-corrected chi connectivity index (χ4v) is 3.67. The van der Waals surface area contributed by atoms with Gasteiger partial charge in [-0.3, -0.25) is 0 Å². The van der Waals surface area contributed by atoms with Crippen LogP contribution in [0.2, 0.25) is 0 Å². The van der Waals surface area contributed by atoms with Crippen molar-refractivity contribution in [3.05, 3.63) is 23.5 Å². The number of halogens is 1. The van der Waals surface area contributed by atoms with E-state index in [0.29, 0.717) is 0 Å². The Labute approximate surface area is 119 Å². The van der Waals surface area contributed by atoms with E-state index in [1.54, 1.807) is 6.92 Å². The smallest absolute Gasteiger partial charge is 0.246 e. The van der Waals surface area contributed by atoms with Gasteiger partial charge in [-0.05, 0) is 38.5 Å². The van der Waals surface area contributed by atoms with Gasteiger partial charge in [-0.2, -0.15) is 4.31 Å². The molecule has 1 aromatic carbocycles. The molecule has 0 aliphatic heterocycles. The van der Waals surface area contributed by atoms with Crippen LogP contribution in [0.25, 0.3) is 0 Å². The van der Waals surface area contributed by atoms with Crippen LogP contribution in [0.3, 0.4) is 0 Å². The molecule has 1 rings (SSSR count). The van der Waals surface area contributed by atoms with E-state index in [4.69, 9.17) is 5.73 Å². The van der Waals surface area contributed by atoms with Crippen molar-refractivity contribution in [2.24, 2.45) is 0 Å². The fraction of sp³-hybridized carbons (Fsp3) is 0.538. The minimum atomic E-state index is -4.04. The van der Waals surface area contributed by atoms with Crippen LogP contribution in [0.15, 0.2) is 17.0 Å². The molecule has 0 heterocycles. The third-order valence-corrected chi connectivity index (χ3v) is 4.70. The maximum atomic E-state index is 14.1. The molecule has 0 bridgehead atoms. The zero-order valence-electron chi connectivity index (χ0n) is 12.1. The van der Waals surface area contributed by atoms with E-state index in [1.807, 2.05) is 0 Å². The lowest BCUT2D eigenvalue weighted by Gasteiger charge is -2.27. The van der Waals surface area contributed by atoms with Crippen molar-refractivity contribution in [3.63, 3.8) is 0 Å². The van der Waals surface area contributed by atoms with E-state index in [0.717, 1.165) is 10.4 Å². The predicted octanol–water partition coefficient (Wildman–Crippen LogP) is 1.50. The van der Waals surface area contributed by atoms with Gasteiger partial charge in [0.15, 0.2) is 0 Å². The molecule has 3 N–H and O–H groups in total. The van der Waals surface area contributed by atoms with Gasteiger partial charge in [0.25, 0.3) is 0 Å². The van der Waals surface area contributed by atoms with Crippen molar-refractivity contribution in [1.82, 2.24) is 4.31 Å². The van der Waals surface area contributed by atoms with E-state index in [2.05, 4.69) is 0 Å². The van der Waals surface area contributed by atoms with Gasteiger partial charge in [0.2, 0.25) is 10.0 Å². The van der Waals surface area contributed by atoms with Gasteiger partial charge in [-0.15, -0.1) is 0 Å². The number of benzene rings is 1. The SMILES string of the molecule is CCN(CC(C)(C)O)S(=O)(=O)c1cc(N)cc(C)c1F. The van der Waals surface area contributed by atoms with Crippen LogP contribution in [0.1, 0.15) is 26.3 Å². The Kier molecular flexibility index (Phi) is 4.78. The monoisotopic (exact) mass is 304 g/mol. The molecule has 0 spiro atoms. The summed E-state index contributed by atoms with van der Waals surface area (Å²) in [6.45, 7) is 6.06. The summed E-state index contributed by atoms with van der Waals surface area (Å²) in [5.74, 6) is -0.812. The molecule has 0 fully saturated rings. The molecule has 7 heteroatoms. The Morgan fingerprint density at radius 3 is 2.40 bits per heavy atom. The molecule has 0 saturated carbocycles. The van der Waals surface area contributed by atoms with Gasteiger partial charge in [-0.1, -0.05) is 6.92 Å². The number of nitrogen functional groups attached to an aromatic ring is 1. The first kappa shape index (κ1) is 16.9. The van der Waals surface area contributed by atoms with Crippen molar-refractivity contribution < 1.29 is 17.9 Å². The summed E-state index contributed by atoms with van der Waals surface area (Å²) in [4.78, 5) is -0.457. The molecule has 0 saturated heterocycles. The minimum Gasteiger partial charge on any atom is -0.399 e. The summed E-state index contributed by atoms with van der Waals surface area (Å²) in [7, 11) is -4.04. The second-order valence-electron chi connectivity index (χ2n) is 5.39. The average Bonchev–Trinajstić information content (AvgIpc) is 2.29. The number of hydrogen-bond donors (Lipinski definition) is 2. The Morgan fingerprint density at radius 1 is 1.40 bits per heavy atom. The zero-order valence-corrected chi connectivity index (χ0v) is 13.0. The summed E-state index contributed by atoms with van der Waals surface area (Å²) in [5.41, 5.74) is 4.73. The van der Waals surface area contributed by atoms with Gasteiger partial charge < -0.3 is 10.8 Å². The van der Waals surface area contributed by atoms with E-state index in [9.17, 15) is 17.9 Å². The second-order valence-corrected chi connectivity index (χ2v) is 7.30. The molecule has 5 nitrogen and oxygen atoms in total. The summed E-state index contributed by atoms with van der Waals surface area (Å²) in [5, 5.41) is 9.78. The molecule has 20 heavy (non-hydrogen) atoms. The topological polar surface area (TPSA) is 83.6 Å². The molecule has 0 aliphatic rings. The van der Waals surface area contributed by atoms with Crippen LogP contribution >= 0.6 is 0 Å². The lowest BCUT2D eigenvalue weighted by atomic mass is 10.1. The van der Waals surface area contributed by atoms with Crippen LogP contribution in [-0.4, -0.2) is 36.5 Å². The van der Waals surface area contributed by atoms with Crippen LogP contribution in [0.4, 0.5) is 10.1 Å². The van der Waals surface area contributed by atoms with E-state index < -0.39 is 26.3 Å². The summed E-state index contributed by atoms with van der Waals surface area (Å²) < 4.78 is 40.1. The maximum absolute atomic E-state index is 14.1. The number of sulfonamides is 1. The van der Waals surface area contributed by atoms with E-state index in [-0.39, 0.29) is 24.3 Å². The third kappa shape index (κ3) is 3.68. The molecular formula is C13H21FN2O3S. The number of likely N-dealkylation sites (N-methyl/N-ethyl adjacent to an activating group) is 1. The van der Waals surface area contributed by atoms with Gasteiger partial charge >= 0.3 is 0 Å². The number of rotatable bonds is 5. The van der Waals surface area contributed by atoms with Crippen molar-refractivity contribution in [2.45, 2.75) is 38.2 Å². The Bertz CT molecular complexity index is 594. The molecular weight excluding hydrogens is 283 g/mol. The fourth-order valence-electron chi connectivity index (χ4n) is 1.89. The number of anilines is 1. The average molecular weight is 304 g/mol. The number of nitrogens with two attached hydrogens (primary N) is 1. The molecule has 114 valence electrons. The van der Waals surface area contributed by atoms with E-state index >= 15 is 0 Å². The van der Waals surface area contributed by atoms with Gasteiger partial charge in [0, 0.05) is 18.8 Å². The standard InChI is InChI=1S/C13H21FN2O3S/c1-5-16(8-13(3,4)17)20(18,19)11-7-10(15)6-9(2)12(11)14/h6-7,17H,5,8,15H2,1-4H3. The highest BCUT2D eigenvalue weighted by Gasteiger charge is 2.31. The van der Waals surface area contributed by atoms with Gasteiger partial charge in [0.1, 0.15) is 10.7 Å². The molecule has 0 radical (unpaired) electrons. The zero-order chi connectivity index (χ0) is 15.7. The minimum absolute atomic E-state index is 0.125. The third-order valence-electron chi connectivity index (χ3n) is 2.78. The normalized spacial score (nSPS) is 12.9. The largest absolute Gasteiger partial charge is 0.399 e.